The van der Waals surface area contributed by atoms with Crippen molar-refractivity contribution in [1.82, 2.24) is 0 Å². The fourth-order valence-corrected chi connectivity index (χ4v) is 3.91. The standard InChI is InChI=1S/C24H27NO6/c1-13-15(7-14-8-21(30-5)24(25-2)22(9-14)31-6)17-10-19(28-3)20(29-4)11-18(17)16(13)12-23(26)27/h7-11,25H,12H2,1-6H3,(H,26,27)/b15-7-. The lowest BCUT2D eigenvalue weighted by atomic mass is 9.99. The Hall–Kier alpha value is -3.61. The van der Waals surface area contributed by atoms with E-state index >= 15 is 0 Å². The van der Waals surface area contributed by atoms with Crippen molar-refractivity contribution < 1.29 is 28.8 Å². The molecule has 2 N–H and O–H groups in total. The summed E-state index contributed by atoms with van der Waals surface area (Å²) in [5.41, 5.74) is 5.89. The zero-order valence-electron chi connectivity index (χ0n) is 18.6. The van der Waals surface area contributed by atoms with E-state index in [9.17, 15) is 9.90 Å². The van der Waals surface area contributed by atoms with Gasteiger partial charge in [0.2, 0.25) is 0 Å². The number of aliphatic carboxylic acids is 1. The van der Waals surface area contributed by atoms with Crippen LogP contribution in [0.4, 0.5) is 5.69 Å². The molecule has 1 aliphatic rings. The minimum Gasteiger partial charge on any atom is -0.494 e. The van der Waals surface area contributed by atoms with Gasteiger partial charge in [-0.25, -0.2) is 0 Å². The van der Waals surface area contributed by atoms with E-state index in [-0.39, 0.29) is 6.42 Å². The highest BCUT2D eigenvalue weighted by atomic mass is 16.5. The van der Waals surface area contributed by atoms with Crippen LogP contribution in [0, 0.1) is 0 Å². The molecule has 0 spiro atoms. The lowest BCUT2D eigenvalue weighted by Gasteiger charge is -2.15. The van der Waals surface area contributed by atoms with E-state index in [2.05, 4.69) is 5.32 Å². The zero-order valence-corrected chi connectivity index (χ0v) is 18.6. The van der Waals surface area contributed by atoms with Gasteiger partial charge in [-0.15, -0.1) is 0 Å². The molecule has 0 radical (unpaired) electrons. The average molecular weight is 425 g/mol. The Kier molecular flexibility index (Phi) is 6.44. The maximum Gasteiger partial charge on any atom is 0.307 e. The lowest BCUT2D eigenvalue weighted by Crippen LogP contribution is -1.98. The minimum atomic E-state index is -0.891. The summed E-state index contributed by atoms with van der Waals surface area (Å²) < 4.78 is 22.0. The third-order valence-electron chi connectivity index (χ3n) is 5.41. The van der Waals surface area contributed by atoms with Gasteiger partial charge >= 0.3 is 5.97 Å². The maximum absolute atomic E-state index is 11.5. The van der Waals surface area contributed by atoms with Crippen LogP contribution in [0.1, 0.15) is 30.0 Å². The summed E-state index contributed by atoms with van der Waals surface area (Å²) >= 11 is 0. The van der Waals surface area contributed by atoms with Crippen LogP contribution in [0.5, 0.6) is 23.0 Å². The molecule has 0 atom stereocenters. The number of ether oxygens (including phenoxy) is 4. The number of anilines is 1. The largest absolute Gasteiger partial charge is 0.494 e. The number of carbonyl (C=O) groups is 1. The van der Waals surface area contributed by atoms with Crippen molar-refractivity contribution in [3.05, 3.63) is 46.5 Å². The Bertz CT molecular complexity index is 1060. The molecule has 3 rings (SSSR count). The molecule has 0 saturated heterocycles. The molecular weight excluding hydrogens is 398 g/mol. The summed E-state index contributed by atoms with van der Waals surface area (Å²) in [6.07, 6.45) is 1.91. The first-order chi connectivity index (χ1) is 14.9. The molecule has 1 aliphatic carbocycles. The minimum absolute atomic E-state index is 0.0863. The highest BCUT2D eigenvalue weighted by Crippen LogP contribution is 2.48. The van der Waals surface area contributed by atoms with Gasteiger partial charge in [0.15, 0.2) is 11.5 Å². The molecule has 7 heteroatoms. The van der Waals surface area contributed by atoms with Crippen LogP contribution in [0.3, 0.4) is 0 Å². The summed E-state index contributed by atoms with van der Waals surface area (Å²) in [6.45, 7) is 1.93. The van der Waals surface area contributed by atoms with Gasteiger partial charge in [-0.1, -0.05) is 0 Å². The van der Waals surface area contributed by atoms with Crippen molar-refractivity contribution in [2.75, 3.05) is 40.8 Å². The Labute approximate surface area is 181 Å². The van der Waals surface area contributed by atoms with Gasteiger partial charge in [0, 0.05) is 7.05 Å². The van der Waals surface area contributed by atoms with E-state index in [1.165, 1.54) is 0 Å². The van der Waals surface area contributed by atoms with E-state index in [0.717, 1.165) is 39.1 Å². The first-order valence-corrected chi connectivity index (χ1v) is 9.72. The van der Waals surface area contributed by atoms with E-state index in [1.807, 2.05) is 37.3 Å². The quantitative estimate of drug-likeness (QED) is 0.641. The molecule has 0 heterocycles. The summed E-state index contributed by atoms with van der Waals surface area (Å²) in [7, 11) is 8.14. The number of methoxy groups -OCH3 is 4. The molecule has 0 amide bonds. The first kappa shape index (κ1) is 22.1. The number of fused-ring (bicyclic) bond motifs is 1. The fourth-order valence-electron chi connectivity index (χ4n) is 3.91. The van der Waals surface area contributed by atoms with Gasteiger partial charge in [-0.2, -0.15) is 0 Å². The predicted molar refractivity (Wildman–Crippen MR) is 121 cm³/mol. The number of hydrogen-bond acceptors (Lipinski definition) is 6. The second kappa shape index (κ2) is 9.04. The second-order valence-corrected chi connectivity index (χ2v) is 7.04. The van der Waals surface area contributed by atoms with Crippen LogP contribution >= 0.6 is 0 Å². The number of benzene rings is 2. The molecule has 0 aliphatic heterocycles. The van der Waals surface area contributed by atoms with E-state index in [1.54, 1.807) is 35.5 Å². The molecule has 0 saturated carbocycles. The number of hydrogen-bond donors (Lipinski definition) is 2. The predicted octanol–water partition coefficient (Wildman–Crippen LogP) is 4.57. The molecule has 31 heavy (non-hydrogen) atoms. The Balaban J connectivity index is 2.25. The smallest absolute Gasteiger partial charge is 0.307 e. The van der Waals surface area contributed by atoms with Crippen LogP contribution in [-0.4, -0.2) is 46.6 Å². The van der Waals surface area contributed by atoms with Gasteiger partial charge in [0.1, 0.15) is 17.2 Å². The van der Waals surface area contributed by atoms with E-state index in [0.29, 0.717) is 23.0 Å². The lowest BCUT2D eigenvalue weighted by molar-refractivity contribution is -0.135. The molecule has 0 bridgehead atoms. The Morgan fingerprint density at radius 3 is 1.87 bits per heavy atom. The molecular formula is C24H27NO6. The second-order valence-electron chi connectivity index (χ2n) is 7.04. The molecule has 2 aromatic rings. The van der Waals surface area contributed by atoms with Gasteiger partial charge in [-0.3, -0.25) is 4.79 Å². The fraction of sp³-hybridized carbons (Fsp3) is 0.292. The number of rotatable bonds is 8. The molecule has 0 fully saturated rings. The van der Waals surface area contributed by atoms with Crippen LogP contribution < -0.4 is 24.3 Å². The molecule has 0 aromatic heterocycles. The molecule has 0 unspecified atom stereocenters. The normalized spacial score (nSPS) is 13.8. The maximum atomic E-state index is 11.5. The van der Waals surface area contributed by atoms with E-state index < -0.39 is 5.97 Å². The van der Waals surface area contributed by atoms with E-state index in [4.69, 9.17) is 18.9 Å². The molecule has 164 valence electrons. The molecule has 2 aromatic carbocycles. The average Bonchev–Trinajstić information content (AvgIpc) is 3.01. The molecule has 7 nitrogen and oxygen atoms in total. The van der Waals surface area contributed by atoms with Gasteiger partial charge in [-0.05, 0) is 70.7 Å². The van der Waals surface area contributed by atoms with Crippen LogP contribution in [0.2, 0.25) is 0 Å². The van der Waals surface area contributed by atoms with Crippen LogP contribution in [0.15, 0.2) is 29.8 Å². The highest BCUT2D eigenvalue weighted by molar-refractivity contribution is 6.08. The Morgan fingerprint density at radius 1 is 0.903 bits per heavy atom. The van der Waals surface area contributed by atoms with Gasteiger partial charge < -0.3 is 29.4 Å². The third kappa shape index (κ3) is 4.03. The highest BCUT2D eigenvalue weighted by Gasteiger charge is 2.27. The summed E-state index contributed by atoms with van der Waals surface area (Å²) in [5.74, 6) is 1.54. The topological polar surface area (TPSA) is 86.3 Å². The number of carboxylic acids is 1. The summed E-state index contributed by atoms with van der Waals surface area (Å²) in [5, 5.41) is 12.6. The number of allylic oxidation sites excluding steroid dienone is 2. The van der Waals surface area contributed by atoms with Gasteiger partial charge in [0.05, 0.1) is 34.9 Å². The van der Waals surface area contributed by atoms with Crippen molar-refractivity contribution in [2.24, 2.45) is 0 Å². The first-order valence-electron chi connectivity index (χ1n) is 9.72. The SMILES string of the molecule is CNc1c(OC)cc(/C=C2/C(C)=C(CC(=O)O)c3cc(OC)c(OC)cc32)cc1OC. The Morgan fingerprint density at radius 2 is 1.42 bits per heavy atom. The zero-order chi connectivity index (χ0) is 22.7. The third-order valence-corrected chi connectivity index (χ3v) is 5.41. The van der Waals surface area contributed by atoms with Crippen molar-refractivity contribution in [2.45, 2.75) is 13.3 Å². The van der Waals surface area contributed by atoms with Crippen molar-refractivity contribution >= 4 is 28.9 Å². The summed E-state index contributed by atoms with van der Waals surface area (Å²) in [4.78, 5) is 11.5. The number of carboxylic acid groups (broad SMARTS) is 1. The number of nitrogens with one attached hydrogen (secondary N) is 1. The van der Waals surface area contributed by atoms with Crippen LogP contribution in [-0.2, 0) is 4.79 Å². The van der Waals surface area contributed by atoms with Crippen molar-refractivity contribution in [3.8, 4) is 23.0 Å². The van der Waals surface area contributed by atoms with Gasteiger partial charge in [0.25, 0.3) is 0 Å². The van der Waals surface area contributed by atoms with Crippen LogP contribution in [0.25, 0.3) is 17.2 Å². The van der Waals surface area contributed by atoms with Crippen molar-refractivity contribution in [3.63, 3.8) is 0 Å². The summed E-state index contributed by atoms with van der Waals surface area (Å²) in [6, 6.07) is 7.53. The monoisotopic (exact) mass is 425 g/mol. The van der Waals surface area contributed by atoms with Crippen molar-refractivity contribution in [1.29, 1.82) is 0 Å².